The van der Waals surface area contributed by atoms with Crippen molar-refractivity contribution in [2.24, 2.45) is 0 Å². The molecular formula is C11H10BrF2N3O. The number of halogens is 3. The predicted octanol–water partition coefficient (Wildman–Crippen LogP) is 1.84. The van der Waals surface area contributed by atoms with Gasteiger partial charge in [0.05, 0.1) is 6.54 Å². The number of hydrogen-bond acceptors (Lipinski definition) is 3. The fourth-order valence-corrected chi connectivity index (χ4v) is 2.13. The summed E-state index contributed by atoms with van der Waals surface area (Å²) in [6.07, 6.45) is 2.73. The first-order valence-electron chi connectivity index (χ1n) is 5.11. The average Bonchev–Trinajstić information content (AvgIpc) is 2.81. The maximum Gasteiger partial charge on any atom is 0.137 e. The van der Waals surface area contributed by atoms with Gasteiger partial charge in [0.15, 0.2) is 0 Å². The first-order chi connectivity index (χ1) is 8.55. The van der Waals surface area contributed by atoms with Crippen molar-refractivity contribution in [2.75, 3.05) is 5.33 Å². The van der Waals surface area contributed by atoms with E-state index in [-0.39, 0.29) is 17.4 Å². The van der Waals surface area contributed by atoms with Crippen LogP contribution in [0.1, 0.15) is 5.56 Å². The molecule has 0 aliphatic heterocycles. The quantitative estimate of drug-likeness (QED) is 0.875. The van der Waals surface area contributed by atoms with Gasteiger partial charge < -0.3 is 5.11 Å². The van der Waals surface area contributed by atoms with Crippen LogP contribution in [-0.4, -0.2) is 25.2 Å². The molecule has 1 N–H and O–H groups in total. The monoisotopic (exact) mass is 317 g/mol. The molecule has 0 fully saturated rings. The first-order valence-corrected chi connectivity index (χ1v) is 6.23. The van der Waals surface area contributed by atoms with Crippen molar-refractivity contribution in [1.29, 1.82) is 0 Å². The Hall–Kier alpha value is -1.34. The van der Waals surface area contributed by atoms with Crippen molar-refractivity contribution in [3.63, 3.8) is 0 Å². The SMILES string of the molecule is OC(CBr)(Cn1cncn1)c1ccc(F)cc1F. The molecule has 1 heterocycles. The standard InChI is InChI=1S/C11H10BrF2N3O/c12-4-11(18,5-17-7-15-6-16-17)9-2-1-8(13)3-10(9)14/h1-3,6-7,18H,4-5H2. The molecule has 0 aliphatic rings. The fourth-order valence-electron chi connectivity index (χ4n) is 1.65. The minimum absolute atomic E-state index is 0.0104. The molecule has 18 heavy (non-hydrogen) atoms. The Balaban J connectivity index is 2.36. The third-order valence-electron chi connectivity index (χ3n) is 2.54. The molecule has 1 aromatic heterocycles. The summed E-state index contributed by atoms with van der Waals surface area (Å²) in [5.41, 5.74) is -1.51. The van der Waals surface area contributed by atoms with Crippen LogP contribution >= 0.6 is 15.9 Å². The highest BCUT2D eigenvalue weighted by molar-refractivity contribution is 9.09. The summed E-state index contributed by atoms with van der Waals surface area (Å²) in [5, 5.41) is 14.4. The Kier molecular flexibility index (Phi) is 3.72. The van der Waals surface area contributed by atoms with E-state index in [4.69, 9.17) is 0 Å². The number of hydrogen-bond donors (Lipinski definition) is 1. The minimum Gasteiger partial charge on any atom is -0.382 e. The van der Waals surface area contributed by atoms with Gasteiger partial charge in [-0.1, -0.05) is 22.0 Å². The van der Waals surface area contributed by atoms with Crippen LogP contribution in [0.2, 0.25) is 0 Å². The summed E-state index contributed by atoms with van der Waals surface area (Å²) < 4.78 is 27.9. The molecule has 0 saturated carbocycles. The van der Waals surface area contributed by atoms with E-state index in [1.807, 2.05) is 0 Å². The van der Waals surface area contributed by atoms with E-state index in [1.54, 1.807) is 0 Å². The second kappa shape index (κ2) is 5.11. The van der Waals surface area contributed by atoms with Crippen molar-refractivity contribution in [2.45, 2.75) is 12.1 Å². The average molecular weight is 318 g/mol. The zero-order valence-electron chi connectivity index (χ0n) is 9.22. The highest BCUT2D eigenvalue weighted by Crippen LogP contribution is 2.28. The third-order valence-corrected chi connectivity index (χ3v) is 3.47. The second-order valence-electron chi connectivity index (χ2n) is 3.88. The van der Waals surface area contributed by atoms with E-state index < -0.39 is 17.2 Å². The van der Waals surface area contributed by atoms with Crippen LogP contribution in [0.5, 0.6) is 0 Å². The van der Waals surface area contributed by atoms with Gasteiger partial charge in [-0.05, 0) is 6.07 Å². The van der Waals surface area contributed by atoms with E-state index in [0.29, 0.717) is 0 Å². The van der Waals surface area contributed by atoms with Crippen LogP contribution in [0.15, 0.2) is 30.9 Å². The van der Waals surface area contributed by atoms with E-state index in [9.17, 15) is 13.9 Å². The Morgan fingerprint density at radius 2 is 2.17 bits per heavy atom. The molecule has 2 aromatic rings. The lowest BCUT2D eigenvalue weighted by atomic mass is 9.95. The van der Waals surface area contributed by atoms with Crippen molar-refractivity contribution >= 4 is 15.9 Å². The molecule has 1 unspecified atom stereocenters. The van der Waals surface area contributed by atoms with Gasteiger partial charge in [-0.25, -0.2) is 18.4 Å². The van der Waals surface area contributed by atoms with Crippen molar-refractivity contribution < 1.29 is 13.9 Å². The topological polar surface area (TPSA) is 50.9 Å². The van der Waals surface area contributed by atoms with Crippen molar-refractivity contribution in [1.82, 2.24) is 14.8 Å². The van der Waals surface area contributed by atoms with Gasteiger partial charge in [0.2, 0.25) is 0 Å². The molecule has 0 aliphatic carbocycles. The Labute approximate surface area is 110 Å². The molecule has 2 rings (SSSR count). The summed E-state index contributed by atoms with van der Waals surface area (Å²) in [4.78, 5) is 3.74. The third kappa shape index (κ3) is 2.56. The van der Waals surface area contributed by atoms with Crippen molar-refractivity contribution in [3.05, 3.63) is 48.1 Å². The molecule has 7 heteroatoms. The van der Waals surface area contributed by atoms with Crippen LogP contribution in [0, 0.1) is 11.6 Å². The Bertz CT molecular complexity index is 535. The number of alkyl halides is 1. The molecule has 1 atom stereocenters. The highest BCUT2D eigenvalue weighted by Gasteiger charge is 2.32. The zero-order valence-corrected chi connectivity index (χ0v) is 10.8. The predicted molar refractivity (Wildman–Crippen MR) is 64.1 cm³/mol. The molecule has 0 saturated heterocycles. The van der Waals surface area contributed by atoms with Crippen LogP contribution in [-0.2, 0) is 12.1 Å². The second-order valence-corrected chi connectivity index (χ2v) is 4.44. The summed E-state index contributed by atoms with van der Waals surface area (Å²) >= 11 is 3.14. The highest BCUT2D eigenvalue weighted by atomic mass is 79.9. The molecule has 0 radical (unpaired) electrons. The summed E-state index contributed by atoms with van der Waals surface area (Å²) in [7, 11) is 0. The molecule has 0 bridgehead atoms. The zero-order chi connectivity index (χ0) is 13.2. The molecule has 0 amide bonds. The number of nitrogens with zero attached hydrogens (tertiary/aromatic N) is 3. The van der Waals surface area contributed by atoms with E-state index in [0.717, 1.165) is 12.1 Å². The number of benzene rings is 1. The maximum atomic E-state index is 13.7. The molecule has 0 spiro atoms. The van der Waals surface area contributed by atoms with Crippen LogP contribution in [0.25, 0.3) is 0 Å². The van der Waals surface area contributed by atoms with E-state index in [1.165, 1.54) is 23.4 Å². The summed E-state index contributed by atoms with van der Waals surface area (Å²) in [6, 6.07) is 3.07. The summed E-state index contributed by atoms with van der Waals surface area (Å²) in [5.74, 6) is -1.48. The van der Waals surface area contributed by atoms with E-state index in [2.05, 4.69) is 26.0 Å². The van der Waals surface area contributed by atoms with Crippen LogP contribution < -0.4 is 0 Å². The smallest absolute Gasteiger partial charge is 0.137 e. The van der Waals surface area contributed by atoms with Gasteiger partial charge in [0, 0.05) is 17.0 Å². The molecular weight excluding hydrogens is 308 g/mol. The number of aliphatic hydroxyl groups is 1. The summed E-state index contributed by atoms with van der Waals surface area (Å²) in [6.45, 7) is 0.0147. The first kappa shape index (κ1) is 13.1. The lowest BCUT2D eigenvalue weighted by Crippen LogP contribution is -2.34. The normalized spacial score (nSPS) is 14.4. The Morgan fingerprint density at radius 1 is 1.39 bits per heavy atom. The lowest BCUT2D eigenvalue weighted by Gasteiger charge is -2.26. The van der Waals surface area contributed by atoms with Gasteiger partial charge in [-0.2, -0.15) is 5.10 Å². The largest absolute Gasteiger partial charge is 0.382 e. The lowest BCUT2D eigenvalue weighted by molar-refractivity contribution is 0.0373. The fraction of sp³-hybridized carbons (Fsp3) is 0.273. The maximum absolute atomic E-state index is 13.7. The van der Waals surface area contributed by atoms with Crippen molar-refractivity contribution in [3.8, 4) is 0 Å². The van der Waals surface area contributed by atoms with Gasteiger partial charge in [0.25, 0.3) is 0 Å². The van der Waals surface area contributed by atoms with E-state index >= 15 is 0 Å². The molecule has 96 valence electrons. The van der Waals surface area contributed by atoms with Gasteiger partial charge in [-0.15, -0.1) is 0 Å². The van der Waals surface area contributed by atoms with Gasteiger partial charge >= 0.3 is 0 Å². The number of aromatic nitrogens is 3. The molecule has 4 nitrogen and oxygen atoms in total. The Morgan fingerprint density at radius 3 is 2.72 bits per heavy atom. The van der Waals surface area contributed by atoms with Gasteiger partial charge in [0.1, 0.15) is 29.9 Å². The minimum atomic E-state index is -1.52. The van der Waals surface area contributed by atoms with Crippen LogP contribution in [0.4, 0.5) is 8.78 Å². The van der Waals surface area contributed by atoms with Crippen LogP contribution in [0.3, 0.4) is 0 Å². The molecule has 1 aromatic carbocycles. The van der Waals surface area contributed by atoms with Gasteiger partial charge in [-0.3, -0.25) is 0 Å². The number of rotatable bonds is 4.